The first kappa shape index (κ1) is 13.3. The summed E-state index contributed by atoms with van der Waals surface area (Å²) in [6, 6.07) is 13.1. The molecule has 0 aliphatic rings. The topological polar surface area (TPSA) is 33.2 Å². The monoisotopic (exact) mass is 253 g/mol. The van der Waals surface area contributed by atoms with Crippen LogP contribution in [-0.2, 0) is 6.42 Å². The van der Waals surface area contributed by atoms with Crippen LogP contribution in [0.15, 0.2) is 48.7 Å². The van der Waals surface area contributed by atoms with Crippen molar-refractivity contribution in [3.8, 4) is 0 Å². The second-order valence-corrected chi connectivity index (χ2v) is 4.49. The summed E-state index contributed by atoms with van der Waals surface area (Å²) >= 11 is 0. The highest BCUT2D eigenvalue weighted by molar-refractivity contribution is 5.94. The van der Waals surface area contributed by atoms with Gasteiger partial charge in [0, 0.05) is 37.5 Å². The summed E-state index contributed by atoms with van der Waals surface area (Å²) in [7, 11) is 1.81. The number of amides is 1. The fourth-order valence-electron chi connectivity index (χ4n) is 1.80. The van der Waals surface area contributed by atoms with Crippen molar-refractivity contribution in [2.75, 3.05) is 13.6 Å². The van der Waals surface area contributed by atoms with Crippen LogP contribution >= 0.6 is 0 Å². The third-order valence-electron chi connectivity index (χ3n) is 2.98. The van der Waals surface area contributed by atoms with Gasteiger partial charge in [-0.3, -0.25) is 9.78 Å². The van der Waals surface area contributed by atoms with E-state index < -0.39 is 0 Å². The van der Waals surface area contributed by atoms with Gasteiger partial charge in [0.15, 0.2) is 0 Å². The Morgan fingerprint density at radius 3 is 2.58 bits per heavy atom. The second kappa shape index (κ2) is 6.14. The van der Waals surface area contributed by atoms with Gasteiger partial charge in [0.25, 0.3) is 5.91 Å². The molecule has 0 spiro atoms. The SMILES string of the molecule is [CH2]c1ccc(C(=O)N(C)CCc2ccccn2)cc1. The second-order valence-electron chi connectivity index (χ2n) is 4.49. The largest absolute Gasteiger partial charge is 0.341 e. The molecule has 0 saturated carbocycles. The lowest BCUT2D eigenvalue weighted by Crippen LogP contribution is -2.28. The summed E-state index contributed by atoms with van der Waals surface area (Å²) in [4.78, 5) is 18.1. The third-order valence-corrected chi connectivity index (χ3v) is 2.98. The van der Waals surface area contributed by atoms with E-state index in [1.165, 1.54) is 0 Å². The molecule has 0 aliphatic carbocycles. The summed E-state index contributed by atoms with van der Waals surface area (Å²) in [6.07, 6.45) is 2.53. The minimum absolute atomic E-state index is 0.0240. The maximum absolute atomic E-state index is 12.2. The van der Waals surface area contributed by atoms with E-state index in [0.717, 1.165) is 17.7 Å². The molecule has 1 heterocycles. The molecular weight excluding hydrogens is 236 g/mol. The van der Waals surface area contributed by atoms with Crippen molar-refractivity contribution >= 4 is 5.91 Å². The standard InChI is InChI=1S/C16H17N2O/c1-13-6-8-14(9-7-13)16(19)18(2)12-10-15-5-3-4-11-17-15/h3-9,11H,1,10,12H2,2H3. The van der Waals surface area contributed by atoms with Crippen LogP contribution in [0.4, 0.5) is 0 Å². The van der Waals surface area contributed by atoms with Gasteiger partial charge in [-0.15, -0.1) is 0 Å². The highest BCUT2D eigenvalue weighted by Gasteiger charge is 2.11. The fraction of sp³-hybridized carbons (Fsp3) is 0.188. The molecular formula is C16H17N2O. The molecule has 19 heavy (non-hydrogen) atoms. The Hall–Kier alpha value is -2.16. The summed E-state index contributed by atoms with van der Waals surface area (Å²) < 4.78 is 0. The molecule has 97 valence electrons. The van der Waals surface area contributed by atoms with Crippen LogP contribution in [0.1, 0.15) is 21.6 Å². The quantitative estimate of drug-likeness (QED) is 0.839. The third kappa shape index (κ3) is 3.65. The van der Waals surface area contributed by atoms with E-state index in [-0.39, 0.29) is 5.91 Å². The Kier molecular flexibility index (Phi) is 4.29. The minimum atomic E-state index is 0.0240. The van der Waals surface area contributed by atoms with Crippen LogP contribution in [0.25, 0.3) is 0 Å². The fourth-order valence-corrected chi connectivity index (χ4v) is 1.80. The zero-order valence-electron chi connectivity index (χ0n) is 11.0. The predicted octanol–water partition coefficient (Wildman–Crippen LogP) is 2.58. The zero-order chi connectivity index (χ0) is 13.7. The number of aromatic nitrogens is 1. The smallest absolute Gasteiger partial charge is 0.253 e. The van der Waals surface area contributed by atoms with Crippen molar-refractivity contribution in [1.82, 2.24) is 9.88 Å². The predicted molar refractivity (Wildman–Crippen MR) is 75.8 cm³/mol. The van der Waals surface area contributed by atoms with E-state index in [4.69, 9.17) is 0 Å². The van der Waals surface area contributed by atoms with Gasteiger partial charge in [0.2, 0.25) is 0 Å². The maximum atomic E-state index is 12.2. The molecule has 0 atom stereocenters. The summed E-state index contributed by atoms with van der Waals surface area (Å²) in [5, 5.41) is 0. The molecule has 1 radical (unpaired) electrons. The first-order chi connectivity index (χ1) is 9.16. The number of likely N-dealkylation sites (N-methyl/N-ethyl adjacent to an activating group) is 1. The van der Waals surface area contributed by atoms with E-state index in [9.17, 15) is 4.79 Å². The highest BCUT2D eigenvalue weighted by atomic mass is 16.2. The molecule has 1 amide bonds. The molecule has 1 aromatic heterocycles. The Morgan fingerprint density at radius 2 is 1.95 bits per heavy atom. The van der Waals surface area contributed by atoms with Gasteiger partial charge >= 0.3 is 0 Å². The Bertz CT molecular complexity index is 534. The van der Waals surface area contributed by atoms with Crippen LogP contribution in [0, 0.1) is 6.92 Å². The van der Waals surface area contributed by atoms with Gasteiger partial charge in [-0.2, -0.15) is 0 Å². The van der Waals surface area contributed by atoms with Gasteiger partial charge in [0.1, 0.15) is 0 Å². The zero-order valence-corrected chi connectivity index (χ0v) is 11.0. The minimum Gasteiger partial charge on any atom is -0.341 e. The number of hydrogen-bond acceptors (Lipinski definition) is 2. The normalized spacial score (nSPS) is 10.2. The lowest BCUT2D eigenvalue weighted by atomic mass is 10.1. The van der Waals surface area contributed by atoms with Gasteiger partial charge in [-0.05, 0) is 36.8 Å². The van der Waals surface area contributed by atoms with Gasteiger partial charge in [-0.1, -0.05) is 18.2 Å². The molecule has 1 aromatic carbocycles. The first-order valence-corrected chi connectivity index (χ1v) is 6.24. The van der Waals surface area contributed by atoms with Crippen LogP contribution in [0.5, 0.6) is 0 Å². The Balaban J connectivity index is 1.94. The number of rotatable bonds is 4. The van der Waals surface area contributed by atoms with Crippen molar-refractivity contribution in [3.63, 3.8) is 0 Å². The van der Waals surface area contributed by atoms with Crippen molar-refractivity contribution < 1.29 is 4.79 Å². The lowest BCUT2D eigenvalue weighted by Gasteiger charge is -2.17. The van der Waals surface area contributed by atoms with E-state index in [0.29, 0.717) is 12.1 Å². The summed E-state index contributed by atoms with van der Waals surface area (Å²) in [6.45, 7) is 4.46. The van der Waals surface area contributed by atoms with Crippen LogP contribution in [0.2, 0.25) is 0 Å². The Morgan fingerprint density at radius 1 is 1.21 bits per heavy atom. The molecule has 0 N–H and O–H groups in total. The van der Waals surface area contributed by atoms with Crippen molar-refractivity contribution in [3.05, 3.63) is 72.4 Å². The van der Waals surface area contributed by atoms with E-state index in [2.05, 4.69) is 11.9 Å². The van der Waals surface area contributed by atoms with Crippen molar-refractivity contribution in [2.45, 2.75) is 6.42 Å². The Labute approximate surface area is 113 Å². The lowest BCUT2D eigenvalue weighted by molar-refractivity contribution is 0.0796. The molecule has 3 nitrogen and oxygen atoms in total. The molecule has 0 bridgehead atoms. The molecule has 3 heteroatoms. The number of carbonyl (C=O) groups is 1. The molecule has 0 saturated heterocycles. The number of carbonyl (C=O) groups excluding carboxylic acids is 1. The first-order valence-electron chi connectivity index (χ1n) is 6.24. The van der Waals surface area contributed by atoms with E-state index in [1.807, 2.05) is 49.5 Å². The number of nitrogens with zero attached hydrogens (tertiary/aromatic N) is 2. The van der Waals surface area contributed by atoms with Crippen LogP contribution in [-0.4, -0.2) is 29.4 Å². The summed E-state index contributed by atoms with van der Waals surface area (Å²) in [5.74, 6) is 0.0240. The van der Waals surface area contributed by atoms with Gasteiger partial charge in [-0.25, -0.2) is 0 Å². The van der Waals surface area contributed by atoms with Gasteiger partial charge < -0.3 is 4.90 Å². The van der Waals surface area contributed by atoms with Crippen molar-refractivity contribution in [1.29, 1.82) is 0 Å². The average molecular weight is 253 g/mol. The molecule has 0 fully saturated rings. The molecule has 0 unspecified atom stereocenters. The number of hydrogen-bond donors (Lipinski definition) is 0. The molecule has 2 aromatic rings. The van der Waals surface area contributed by atoms with Crippen LogP contribution in [0.3, 0.4) is 0 Å². The summed E-state index contributed by atoms with van der Waals surface area (Å²) in [5.41, 5.74) is 2.60. The highest BCUT2D eigenvalue weighted by Crippen LogP contribution is 2.07. The van der Waals surface area contributed by atoms with E-state index in [1.54, 1.807) is 11.1 Å². The van der Waals surface area contributed by atoms with E-state index >= 15 is 0 Å². The van der Waals surface area contributed by atoms with Crippen LogP contribution < -0.4 is 0 Å². The molecule has 2 rings (SSSR count). The maximum Gasteiger partial charge on any atom is 0.253 e. The number of pyridine rings is 1. The average Bonchev–Trinajstić information content (AvgIpc) is 2.46. The number of benzene rings is 1. The molecule has 0 aliphatic heterocycles. The van der Waals surface area contributed by atoms with Crippen molar-refractivity contribution in [2.24, 2.45) is 0 Å². The van der Waals surface area contributed by atoms with Gasteiger partial charge in [0.05, 0.1) is 0 Å².